The first-order chi connectivity index (χ1) is 6.12. The molecule has 0 saturated heterocycles. The molecule has 0 aliphatic carbocycles. The summed E-state index contributed by atoms with van der Waals surface area (Å²) in [6.45, 7) is 7.63. The molecule has 0 aliphatic heterocycles. The highest BCUT2D eigenvalue weighted by atomic mass is 32.2. The van der Waals surface area contributed by atoms with Crippen LogP contribution in [0.3, 0.4) is 0 Å². The van der Waals surface area contributed by atoms with E-state index in [1.807, 2.05) is 20.8 Å². The summed E-state index contributed by atoms with van der Waals surface area (Å²) in [4.78, 5) is 0. The molecule has 0 fully saturated rings. The molecule has 5 heteroatoms. The van der Waals surface area contributed by atoms with Crippen LogP contribution in [-0.4, -0.2) is 31.9 Å². The van der Waals surface area contributed by atoms with Crippen molar-refractivity contribution in [1.82, 2.24) is 4.72 Å². The third-order valence-corrected chi connectivity index (χ3v) is 3.07. The number of hydrogen-bond donors (Lipinski definition) is 2. The first kappa shape index (κ1) is 13.9. The maximum Gasteiger partial charge on any atom is 0.211 e. The van der Waals surface area contributed by atoms with E-state index in [0.717, 1.165) is 0 Å². The van der Waals surface area contributed by atoms with E-state index in [-0.39, 0.29) is 17.7 Å². The van der Waals surface area contributed by atoms with Crippen molar-refractivity contribution in [3.8, 4) is 0 Å². The van der Waals surface area contributed by atoms with Crippen LogP contribution in [0.15, 0.2) is 0 Å². The van der Waals surface area contributed by atoms with E-state index in [9.17, 15) is 8.42 Å². The first-order valence-electron chi connectivity index (χ1n) is 4.78. The lowest BCUT2D eigenvalue weighted by atomic mass is 9.94. The lowest BCUT2D eigenvalue weighted by molar-refractivity contribution is 0.198. The zero-order chi connectivity index (χ0) is 11.4. The second-order valence-corrected chi connectivity index (χ2v) is 6.75. The third kappa shape index (κ3) is 8.47. The molecule has 0 amide bonds. The first-order valence-corrected chi connectivity index (χ1v) is 6.43. The van der Waals surface area contributed by atoms with Gasteiger partial charge in [0, 0.05) is 6.54 Å². The highest BCUT2D eigenvalue weighted by Crippen LogP contribution is 2.18. The lowest BCUT2D eigenvalue weighted by Crippen LogP contribution is -2.33. The van der Waals surface area contributed by atoms with Crippen molar-refractivity contribution in [2.75, 3.05) is 12.3 Å². The van der Waals surface area contributed by atoms with E-state index in [0.29, 0.717) is 6.42 Å². The molecule has 0 bridgehead atoms. The zero-order valence-corrected chi connectivity index (χ0v) is 10.2. The number of nitrogens with one attached hydrogen (secondary N) is 1. The average Bonchev–Trinajstić information content (AvgIpc) is 1.97. The Labute approximate surface area is 86.8 Å². The van der Waals surface area contributed by atoms with Crippen LogP contribution in [0, 0.1) is 5.41 Å². The van der Waals surface area contributed by atoms with Gasteiger partial charge in [0.05, 0.1) is 11.9 Å². The predicted molar refractivity (Wildman–Crippen MR) is 57.5 cm³/mol. The van der Waals surface area contributed by atoms with Gasteiger partial charge in [0.2, 0.25) is 10.0 Å². The zero-order valence-electron chi connectivity index (χ0n) is 9.37. The summed E-state index contributed by atoms with van der Waals surface area (Å²) in [6, 6.07) is 0. The van der Waals surface area contributed by atoms with Crippen LogP contribution in [0.5, 0.6) is 0 Å². The molecule has 1 unspecified atom stereocenters. The summed E-state index contributed by atoms with van der Waals surface area (Å²) in [5.74, 6) is 0.114. The SMILES string of the molecule is CC(O)CNS(=O)(=O)CCC(C)(C)C. The molecule has 0 saturated carbocycles. The summed E-state index contributed by atoms with van der Waals surface area (Å²) >= 11 is 0. The molecule has 0 aromatic carbocycles. The standard InChI is InChI=1S/C9H21NO3S/c1-8(11)7-10-14(12,13)6-5-9(2,3)4/h8,10-11H,5-7H2,1-4H3. The van der Waals surface area contributed by atoms with E-state index in [4.69, 9.17) is 5.11 Å². The number of rotatable bonds is 5. The average molecular weight is 223 g/mol. The Morgan fingerprint density at radius 2 is 1.86 bits per heavy atom. The van der Waals surface area contributed by atoms with Gasteiger partial charge < -0.3 is 5.11 Å². The summed E-state index contributed by atoms with van der Waals surface area (Å²) in [5, 5.41) is 8.92. The topological polar surface area (TPSA) is 66.4 Å². The van der Waals surface area contributed by atoms with Gasteiger partial charge in [0.15, 0.2) is 0 Å². The molecule has 4 nitrogen and oxygen atoms in total. The molecule has 0 heterocycles. The Kier molecular flexibility index (Phi) is 5.05. The van der Waals surface area contributed by atoms with Gasteiger partial charge in [-0.25, -0.2) is 13.1 Å². The van der Waals surface area contributed by atoms with Gasteiger partial charge in [0.1, 0.15) is 0 Å². The Morgan fingerprint density at radius 1 is 1.36 bits per heavy atom. The van der Waals surface area contributed by atoms with Crippen molar-refractivity contribution >= 4 is 10.0 Å². The maximum absolute atomic E-state index is 11.4. The molecule has 14 heavy (non-hydrogen) atoms. The van der Waals surface area contributed by atoms with Gasteiger partial charge in [-0.1, -0.05) is 20.8 Å². The minimum absolute atomic E-state index is 0.0135. The monoisotopic (exact) mass is 223 g/mol. The van der Waals surface area contributed by atoms with Crippen molar-refractivity contribution in [2.45, 2.75) is 40.2 Å². The van der Waals surface area contributed by atoms with Crippen LogP contribution in [0.25, 0.3) is 0 Å². The van der Waals surface area contributed by atoms with E-state index in [1.165, 1.54) is 0 Å². The second-order valence-electron chi connectivity index (χ2n) is 4.83. The van der Waals surface area contributed by atoms with Crippen LogP contribution in [0.4, 0.5) is 0 Å². The number of aliphatic hydroxyl groups is 1. The largest absolute Gasteiger partial charge is 0.392 e. The number of aliphatic hydroxyl groups excluding tert-OH is 1. The molecule has 0 rings (SSSR count). The van der Waals surface area contributed by atoms with Crippen LogP contribution in [-0.2, 0) is 10.0 Å². The highest BCUT2D eigenvalue weighted by molar-refractivity contribution is 7.89. The van der Waals surface area contributed by atoms with Crippen LogP contribution in [0.2, 0.25) is 0 Å². The Bertz CT molecular complexity index is 252. The molecule has 0 aromatic heterocycles. The fraction of sp³-hybridized carbons (Fsp3) is 1.00. The molecular weight excluding hydrogens is 202 g/mol. The third-order valence-electron chi connectivity index (χ3n) is 1.72. The smallest absolute Gasteiger partial charge is 0.211 e. The van der Waals surface area contributed by atoms with Gasteiger partial charge in [-0.2, -0.15) is 0 Å². The Hall–Kier alpha value is -0.130. The number of sulfonamides is 1. The van der Waals surface area contributed by atoms with Gasteiger partial charge in [-0.3, -0.25) is 0 Å². The van der Waals surface area contributed by atoms with Crippen molar-refractivity contribution in [3.05, 3.63) is 0 Å². The second kappa shape index (κ2) is 5.09. The van der Waals surface area contributed by atoms with Crippen molar-refractivity contribution < 1.29 is 13.5 Å². The summed E-state index contributed by atoms with van der Waals surface area (Å²) in [5.41, 5.74) is 0.0135. The van der Waals surface area contributed by atoms with Gasteiger partial charge in [0.25, 0.3) is 0 Å². The molecule has 0 spiro atoms. The molecular formula is C9H21NO3S. The molecule has 86 valence electrons. The molecule has 0 radical (unpaired) electrons. The normalized spacial score (nSPS) is 15.5. The van der Waals surface area contributed by atoms with Crippen molar-refractivity contribution in [2.24, 2.45) is 5.41 Å². The minimum atomic E-state index is -3.22. The van der Waals surface area contributed by atoms with Crippen molar-refractivity contribution in [1.29, 1.82) is 0 Å². The van der Waals surface area contributed by atoms with E-state index < -0.39 is 16.1 Å². The summed E-state index contributed by atoms with van der Waals surface area (Å²) in [6.07, 6.45) is -0.0262. The fourth-order valence-electron chi connectivity index (χ4n) is 0.760. The quantitative estimate of drug-likeness (QED) is 0.722. The maximum atomic E-state index is 11.4. The molecule has 2 N–H and O–H groups in total. The Morgan fingerprint density at radius 3 is 2.21 bits per heavy atom. The number of hydrogen-bond acceptors (Lipinski definition) is 3. The van der Waals surface area contributed by atoms with Gasteiger partial charge in [-0.05, 0) is 18.8 Å². The van der Waals surface area contributed by atoms with Crippen molar-refractivity contribution in [3.63, 3.8) is 0 Å². The van der Waals surface area contributed by atoms with Crippen LogP contribution in [0.1, 0.15) is 34.1 Å². The predicted octanol–water partition coefficient (Wildman–Crippen LogP) is 0.723. The minimum Gasteiger partial charge on any atom is -0.392 e. The highest BCUT2D eigenvalue weighted by Gasteiger charge is 2.17. The molecule has 0 aliphatic rings. The fourth-order valence-corrected chi connectivity index (χ4v) is 2.28. The van der Waals surface area contributed by atoms with E-state index >= 15 is 0 Å². The molecule has 0 aromatic rings. The van der Waals surface area contributed by atoms with Gasteiger partial charge >= 0.3 is 0 Å². The lowest BCUT2D eigenvalue weighted by Gasteiger charge is -2.18. The molecule has 1 atom stereocenters. The van der Waals surface area contributed by atoms with Crippen LogP contribution < -0.4 is 4.72 Å². The summed E-state index contributed by atoms with van der Waals surface area (Å²) < 4.78 is 25.1. The van der Waals surface area contributed by atoms with Crippen LogP contribution >= 0.6 is 0 Å². The van der Waals surface area contributed by atoms with E-state index in [1.54, 1.807) is 6.92 Å². The van der Waals surface area contributed by atoms with Gasteiger partial charge in [-0.15, -0.1) is 0 Å². The van der Waals surface area contributed by atoms with E-state index in [2.05, 4.69) is 4.72 Å². The summed E-state index contributed by atoms with van der Waals surface area (Å²) in [7, 11) is -3.22. The Balaban J connectivity index is 3.97.